The smallest absolute Gasteiger partial charge is 0.131 e. The van der Waals surface area contributed by atoms with Gasteiger partial charge in [-0.25, -0.2) is 8.78 Å². The van der Waals surface area contributed by atoms with Gasteiger partial charge in [-0.3, -0.25) is 0 Å². The molecule has 0 radical (unpaired) electrons. The number of thioether (sulfide) groups is 1. The molecule has 1 atom stereocenters. The fourth-order valence-corrected chi connectivity index (χ4v) is 2.57. The maximum Gasteiger partial charge on any atom is 0.131 e. The second-order valence-electron chi connectivity index (χ2n) is 4.12. The third-order valence-corrected chi connectivity index (χ3v) is 3.76. The summed E-state index contributed by atoms with van der Waals surface area (Å²) in [6, 6.07) is 10.5. The van der Waals surface area contributed by atoms with E-state index in [9.17, 15) is 8.78 Å². The Morgan fingerprint density at radius 1 is 1.05 bits per heavy atom. The van der Waals surface area contributed by atoms with Gasteiger partial charge in [0, 0.05) is 10.5 Å². The van der Waals surface area contributed by atoms with Gasteiger partial charge in [-0.1, -0.05) is 25.1 Å². The maximum atomic E-state index is 13.7. The molecule has 0 spiro atoms. The van der Waals surface area contributed by atoms with Gasteiger partial charge in [0.2, 0.25) is 0 Å². The van der Waals surface area contributed by atoms with Gasteiger partial charge in [-0.15, -0.1) is 11.8 Å². The molecule has 1 unspecified atom stereocenters. The van der Waals surface area contributed by atoms with Crippen LogP contribution in [0.4, 0.5) is 8.78 Å². The molecule has 0 fully saturated rings. The summed E-state index contributed by atoms with van der Waals surface area (Å²) < 4.78 is 27.3. The lowest BCUT2D eigenvalue weighted by atomic mass is 9.99. The molecule has 0 bridgehead atoms. The van der Waals surface area contributed by atoms with Crippen molar-refractivity contribution >= 4 is 11.8 Å². The largest absolute Gasteiger partial charge is 0.320 e. The maximum absolute atomic E-state index is 13.7. The SMILES string of the molecule is CCSc1ccc(C(N)c2c(F)cccc2F)cc1. The van der Waals surface area contributed by atoms with Crippen LogP contribution in [0.5, 0.6) is 0 Å². The van der Waals surface area contributed by atoms with Gasteiger partial charge in [-0.2, -0.15) is 0 Å². The highest BCUT2D eigenvalue weighted by molar-refractivity contribution is 7.99. The molecule has 0 aromatic heterocycles. The predicted molar refractivity (Wildman–Crippen MR) is 75.2 cm³/mol. The van der Waals surface area contributed by atoms with E-state index in [0.717, 1.165) is 10.6 Å². The van der Waals surface area contributed by atoms with Crippen LogP contribution in [0.1, 0.15) is 24.1 Å². The van der Waals surface area contributed by atoms with Crippen LogP contribution in [0.25, 0.3) is 0 Å². The molecular formula is C15H15F2NS. The third-order valence-electron chi connectivity index (χ3n) is 2.86. The van der Waals surface area contributed by atoms with Crippen molar-refractivity contribution in [1.29, 1.82) is 0 Å². The monoisotopic (exact) mass is 279 g/mol. The minimum Gasteiger partial charge on any atom is -0.320 e. The molecule has 0 saturated carbocycles. The Labute approximate surface area is 115 Å². The Bertz CT molecular complexity index is 534. The first-order valence-corrected chi connectivity index (χ1v) is 7.04. The Morgan fingerprint density at radius 3 is 2.16 bits per heavy atom. The number of halogens is 2. The van der Waals surface area contributed by atoms with Gasteiger partial charge in [0.1, 0.15) is 11.6 Å². The molecule has 2 N–H and O–H groups in total. The van der Waals surface area contributed by atoms with Crippen molar-refractivity contribution in [2.45, 2.75) is 17.9 Å². The Morgan fingerprint density at radius 2 is 1.63 bits per heavy atom. The molecule has 2 aromatic carbocycles. The van der Waals surface area contributed by atoms with E-state index >= 15 is 0 Å². The zero-order valence-electron chi connectivity index (χ0n) is 10.6. The average Bonchev–Trinajstić information content (AvgIpc) is 2.39. The van der Waals surface area contributed by atoms with Gasteiger partial charge < -0.3 is 5.73 Å². The van der Waals surface area contributed by atoms with Crippen LogP contribution >= 0.6 is 11.8 Å². The van der Waals surface area contributed by atoms with Crippen molar-refractivity contribution in [3.8, 4) is 0 Å². The van der Waals surface area contributed by atoms with E-state index in [4.69, 9.17) is 5.73 Å². The lowest BCUT2D eigenvalue weighted by Crippen LogP contribution is -2.15. The van der Waals surface area contributed by atoms with E-state index < -0.39 is 17.7 Å². The minimum atomic E-state index is -0.790. The van der Waals surface area contributed by atoms with Crippen LogP contribution in [0.3, 0.4) is 0 Å². The predicted octanol–water partition coefficient (Wildman–Crippen LogP) is 4.12. The van der Waals surface area contributed by atoms with Gasteiger partial charge in [0.15, 0.2) is 0 Å². The first-order chi connectivity index (χ1) is 9.13. The Kier molecular flexibility index (Phi) is 4.56. The lowest BCUT2D eigenvalue weighted by Gasteiger charge is -2.14. The Balaban J connectivity index is 2.31. The summed E-state index contributed by atoms with van der Waals surface area (Å²) in [6.45, 7) is 2.07. The summed E-state index contributed by atoms with van der Waals surface area (Å²) in [4.78, 5) is 1.12. The molecular weight excluding hydrogens is 264 g/mol. The summed E-state index contributed by atoms with van der Waals surface area (Å²) in [5, 5.41) is 0. The molecule has 2 aromatic rings. The highest BCUT2D eigenvalue weighted by Crippen LogP contribution is 2.26. The van der Waals surface area contributed by atoms with Crippen molar-refractivity contribution in [1.82, 2.24) is 0 Å². The lowest BCUT2D eigenvalue weighted by molar-refractivity contribution is 0.543. The fourth-order valence-electron chi connectivity index (χ4n) is 1.91. The van der Waals surface area contributed by atoms with E-state index in [1.807, 2.05) is 24.3 Å². The summed E-state index contributed by atoms with van der Waals surface area (Å²) in [5.74, 6) is -0.244. The first-order valence-electron chi connectivity index (χ1n) is 6.05. The summed E-state index contributed by atoms with van der Waals surface area (Å²) >= 11 is 1.71. The molecule has 2 rings (SSSR count). The minimum absolute atomic E-state index is 0.0848. The molecule has 1 nitrogen and oxygen atoms in total. The van der Waals surface area contributed by atoms with Crippen LogP contribution in [0.2, 0.25) is 0 Å². The van der Waals surface area contributed by atoms with Crippen molar-refractivity contribution in [3.63, 3.8) is 0 Å². The molecule has 0 amide bonds. The van der Waals surface area contributed by atoms with Crippen LogP contribution in [-0.4, -0.2) is 5.75 Å². The van der Waals surface area contributed by atoms with Crippen LogP contribution in [0.15, 0.2) is 47.4 Å². The topological polar surface area (TPSA) is 26.0 Å². The molecule has 0 aliphatic heterocycles. The van der Waals surface area contributed by atoms with Crippen molar-refractivity contribution in [2.24, 2.45) is 5.73 Å². The third kappa shape index (κ3) is 3.14. The fraction of sp³-hybridized carbons (Fsp3) is 0.200. The van der Waals surface area contributed by atoms with Crippen LogP contribution in [0, 0.1) is 11.6 Å². The molecule has 0 aliphatic carbocycles. The van der Waals surface area contributed by atoms with Gasteiger partial charge in [0.05, 0.1) is 6.04 Å². The number of benzene rings is 2. The van der Waals surface area contributed by atoms with E-state index in [0.29, 0.717) is 5.56 Å². The van der Waals surface area contributed by atoms with E-state index in [2.05, 4.69) is 6.92 Å². The van der Waals surface area contributed by atoms with Crippen molar-refractivity contribution in [3.05, 3.63) is 65.2 Å². The van der Waals surface area contributed by atoms with Gasteiger partial charge >= 0.3 is 0 Å². The quantitative estimate of drug-likeness (QED) is 0.852. The van der Waals surface area contributed by atoms with E-state index in [1.54, 1.807) is 11.8 Å². The second kappa shape index (κ2) is 6.17. The standard InChI is InChI=1S/C15H15F2NS/c1-2-19-11-8-6-10(7-9-11)15(18)14-12(16)4-3-5-13(14)17/h3-9,15H,2,18H2,1H3. The first kappa shape index (κ1) is 14.0. The van der Waals surface area contributed by atoms with E-state index in [1.165, 1.54) is 18.2 Å². The number of hydrogen-bond acceptors (Lipinski definition) is 2. The highest BCUT2D eigenvalue weighted by Gasteiger charge is 2.17. The number of hydrogen-bond donors (Lipinski definition) is 1. The molecule has 4 heteroatoms. The average molecular weight is 279 g/mol. The number of nitrogens with two attached hydrogens (primary N) is 1. The summed E-state index contributed by atoms with van der Waals surface area (Å²) in [7, 11) is 0. The zero-order chi connectivity index (χ0) is 13.8. The Hall–Kier alpha value is -1.39. The molecule has 19 heavy (non-hydrogen) atoms. The summed E-state index contributed by atoms with van der Waals surface area (Å²) in [5.41, 5.74) is 6.57. The van der Waals surface area contributed by atoms with Gasteiger partial charge in [-0.05, 0) is 35.6 Å². The van der Waals surface area contributed by atoms with Crippen LogP contribution in [-0.2, 0) is 0 Å². The number of rotatable bonds is 4. The molecule has 100 valence electrons. The summed E-state index contributed by atoms with van der Waals surface area (Å²) in [6.07, 6.45) is 0. The van der Waals surface area contributed by atoms with Crippen LogP contribution < -0.4 is 5.73 Å². The zero-order valence-corrected chi connectivity index (χ0v) is 11.4. The molecule has 0 aliphatic rings. The second-order valence-corrected chi connectivity index (χ2v) is 5.45. The van der Waals surface area contributed by atoms with Crippen molar-refractivity contribution in [2.75, 3.05) is 5.75 Å². The molecule has 0 heterocycles. The highest BCUT2D eigenvalue weighted by atomic mass is 32.2. The van der Waals surface area contributed by atoms with Gasteiger partial charge in [0.25, 0.3) is 0 Å². The van der Waals surface area contributed by atoms with Crippen molar-refractivity contribution < 1.29 is 8.78 Å². The van der Waals surface area contributed by atoms with E-state index in [-0.39, 0.29) is 5.56 Å². The normalized spacial score (nSPS) is 12.4. The molecule has 0 saturated heterocycles.